The van der Waals surface area contributed by atoms with Crippen LogP contribution in [0.4, 0.5) is 8.78 Å². The van der Waals surface area contributed by atoms with Crippen LogP contribution in [0.15, 0.2) is 24.3 Å². The van der Waals surface area contributed by atoms with Crippen LogP contribution in [0.3, 0.4) is 0 Å². The lowest BCUT2D eigenvalue weighted by Crippen LogP contribution is -2.36. The van der Waals surface area contributed by atoms with Gasteiger partial charge in [-0.05, 0) is 11.6 Å². The first-order valence-electron chi connectivity index (χ1n) is 3.97. The third kappa shape index (κ3) is 3.28. The molecule has 0 heterocycles. The highest BCUT2D eigenvalue weighted by atomic mass is 35.5. The van der Waals surface area contributed by atoms with Gasteiger partial charge < -0.3 is 10.8 Å². The third-order valence-corrected chi connectivity index (χ3v) is 2.25. The minimum Gasteiger partial charge on any atom is -0.390 e. The molecule has 0 unspecified atom stereocenters. The van der Waals surface area contributed by atoms with Crippen molar-refractivity contribution in [1.82, 2.24) is 0 Å². The lowest BCUT2D eigenvalue weighted by Gasteiger charge is -2.22. The van der Waals surface area contributed by atoms with Crippen molar-refractivity contribution in [2.45, 2.75) is 12.0 Å². The summed E-state index contributed by atoms with van der Waals surface area (Å²) in [5.74, 6) is -3.36. The van der Waals surface area contributed by atoms with Crippen LogP contribution in [0, 0.1) is 0 Å². The minimum absolute atomic E-state index is 0. The summed E-state index contributed by atoms with van der Waals surface area (Å²) in [4.78, 5) is 0. The zero-order valence-corrected chi connectivity index (χ0v) is 9.23. The Labute approximate surface area is 97.4 Å². The highest BCUT2D eigenvalue weighted by molar-refractivity contribution is 6.31. The Bertz CT molecular complexity index is 323. The quantitative estimate of drug-likeness (QED) is 0.874. The van der Waals surface area contributed by atoms with E-state index in [1.165, 1.54) is 12.1 Å². The molecule has 6 heteroatoms. The minimum atomic E-state index is -3.36. The second kappa shape index (κ2) is 5.61. The summed E-state index contributed by atoms with van der Waals surface area (Å²) in [6.07, 6.45) is 0. The van der Waals surface area contributed by atoms with E-state index in [1.807, 2.05) is 0 Å². The molecule has 0 spiro atoms. The molecule has 0 aliphatic carbocycles. The van der Waals surface area contributed by atoms with Gasteiger partial charge in [0.1, 0.15) is 6.61 Å². The number of halogens is 4. The smallest absolute Gasteiger partial charge is 0.289 e. The summed E-state index contributed by atoms with van der Waals surface area (Å²) in [5.41, 5.74) is 5.42. The maximum Gasteiger partial charge on any atom is 0.289 e. The normalized spacial score (nSPS) is 13.1. The molecular weight excluding hydrogens is 247 g/mol. The van der Waals surface area contributed by atoms with E-state index >= 15 is 0 Å². The molecule has 0 fully saturated rings. The van der Waals surface area contributed by atoms with Crippen LogP contribution >= 0.6 is 24.0 Å². The number of benzene rings is 1. The number of hydrogen-bond acceptors (Lipinski definition) is 2. The molecule has 1 atom stereocenters. The fourth-order valence-electron chi connectivity index (χ4n) is 1.05. The molecule has 0 saturated carbocycles. The molecule has 0 aliphatic heterocycles. The van der Waals surface area contributed by atoms with Crippen LogP contribution in [0.5, 0.6) is 0 Å². The van der Waals surface area contributed by atoms with Gasteiger partial charge in [-0.1, -0.05) is 29.8 Å². The van der Waals surface area contributed by atoms with Crippen LogP contribution in [-0.4, -0.2) is 17.6 Å². The molecule has 1 rings (SSSR count). The number of nitrogens with two attached hydrogens (primary N) is 1. The zero-order chi connectivity index (χ0) is 10.8. The number of aliphatic hydroxyl groups excluding tert-OH is 1. The highest BCUT2D eigenvalue weighted by Crippen LogP contribution is 2.32. The Morgan fingerprint density at radius 1 is 1.40 bits per heavy atom. The van der Waals surface area contributed by atoms with Crippen LogP contribution in [0.1, 0.15) is 11.6 Å². The molecule has 15 heavy (non-hydrogen) atoms. The van der Waals surface area contributed by atoms with Gasteiger partial charge in [0.2, 0.25) is 0 Å². The monoisotopic (exact) mass is 257 g/mol. The van der Waals surface area contributed by atoms with E-state index in [0.717, 1.165) is 0 Å². The van der Waals surface area contributed by atoms with Crippen molar-refractivity contribution < 1.29 is 13.9 Å². The first kappa shape index (κ1) is 14.6. The van der Waals surface area contributed by atoms with Gasteiger partial charge in [0.05, 0.1) is 6.04 Å². The third-order valence-electron chi connectivity index (χ3n) is 1.91. The van der Waals surface area contributed by atoms with Crippen LogP contribution < -0.4 is 5.73 Å². The van der Waals surface area contributed by atoms with Crippen molar-refractivity contribution in [3.63, 3.8) is 0 Å². The van der Waals surface area contributed by atoms with E-state index < -0.39 is 18.6 Å². The van der Waals surface area contributed by atoms with Crippen LogP contribution in [-0.2, 0) is 0 Å². The van der Waals surface area contributed by atoms with Gasteiger partial charge in [0.15, 0.2) is 0 Å². The standard InChI is InChI=1S/C9H10ClF2NO.ClH/c10-7-4-2-1-3-6(7)8(13)9(11,12)5-14;/h1-4,8,14H,5,13H2;1H/t8-;/m1./s1. The van der Waals surface area contributed by atoms with Gasteiger partial charge in [-0.3, -0.25) is 0 Å². The van der Waals surface area contributed by atoms with E-state index in [4.69, 9.17) is 22.4 Å². The summed E-state index contributed by atoms with van der Waals surface area (Å²) >= 11 is 5.69. The van der Waals surface area contributed by atoms with E-state index in [2.05, 4.69) is 0 Å². The van der Waals surface area contributed by atoms with Gasteiger partial charge >= 0.3 is 0 Å². The molecule has 1 aromatic carbocycles. The fraction of sp³-hybridized carbons (Fsp3) is 0.333. The fourth-order valence-corrected chi connectivity index (χ4v) is 1.31. The molecule has 0 aliphatic rings. The van der Waals surface area contributed by atoms with E-state index in [0.29, 0.717) is 0 Å². The van der Waals surface area contributed by atoms with Gasteiger partial charge in [-0.2, -0.15) is 0 Å². The zero-order valence-electron chi connectivity index (χ0n) is 7.66. The topological polar surface area (TPSA) is 46.2 Å². The van der Waals surface area contributed by atoms with Crippen molar-refractivity contribution in [2.75, 3.05) is 6.61 Å². The average molecular weight is 258 g/mol. The van der Waals surface area contributed by atoms with Gasteiger partial charge in [0.25, 0.3) is 5.92 Å². The molecule has 0 amide bonds. The molecule has 0 saturated heterocycles. The molecule has 2 nitrogen and oxygen atoms in total. The maximum absolute atomic E-state index is 13.0. The summed E-state index contributed by atoms with van der Waals surface area (Å²) in [7, 11) is 0. The maximum atomic E-state index is 13.0. The van der Waals surface area contributed by atoms with Gasteiger partial charge in [-0.25, -0.2) is 8.78 Å². The van der Waals surface area contributed by atoms with E-state index in [9.17, 15) is 8.78 Å². The number of hydrogen-bond donors (Lipinski definition) is 2. The molecule has 0 bridgehead atoms. The largest absolute Gasteiger partial charge is 0.390 e. The first-order valence-corrected chi connectivity index (χ1v) is 4.35. The van der Waals surface area contributed by atoms with Crippen molar-refractivity contribution in [3.05, 3.63) is 34.9 Å². The van der Waals surface area contributed by atoms with Gasteiger partial charge in [0, 0.05) is 5.02 Å². The Hall–Kier alpha value is -0.420. The molecule has 86 valence electrons. The van der Waals surface area contributed by atoms with Gasteiger partial charge in [-0.15, -0.1) is 12.4 Å². The first-order chi connectivity index (χ1) is 6.49. The van der Waals surface area contributed by atoms with Crippen molar-refractivity contribution >= 4 is 24.0 Å². The Morgan fingerprint density at radius 2 is 1.93 bits per heavy atom. The summed E-state index contributed by atoms with van der Waals surface area (Å²) in [6.45, 7) is -1.29. The molecular formula is C9H11Cl2F2NO. The second-order valence-electron chi connectivity index (χ2n) is 2.92. The summed E-state index contributed by atoms with van der Waals surface area (Å²) in [5, 5.41) is 8.62. The number of aliphatic hydroxyl groups is 1. The highest BCUT2D eigenvalue weighted by Gasteiger charge is 2.38. The second-order valence-corrected chi connectivity index (χ2v) is 3.33. The predicted molar refractivity (Wildman–Crippen MR) is 57.7 cm³/mol. The molecule has 3 N–H and O–H groups in total. The van der Waals surface area contributed by atoms with Crippen LogP contribution in [0.2, 0.25) is 5.02 Å². The lowest BCUT2D eigenvalue weighted by molar-refractivity contribution is -0.0711. The van der Waals surface area contributed by atoms with Crippen molar-refractivity contribution in [2.24, 2.45) is 5.73 Å². The Kier molecular flexibility index (Phi) is 5.45. The molecule has 0 radical (unpaired) electrons. The SMILES string of the molecule is Cl.N[C@H](c1ccccc1Cl)C(F)(F)CO. The van der Waals surface area contributed by atoms with E-state index in [1.54, 1.807) is 12.1 Å². The Morgan fingerprint density at radius 3 is 2.40 bits per heavy atom. The summed E-state index contributed by atoms with van der Waals surface area (Å²) in [6, 6.07) is 4.49. The van der Waals surface area contributed by atoms with Crippen molar-refractivity contribution in [3.8, 4) is 0 Å². The van der Waals surface area contributed by atoms with Crippen LogP contribution in [0.25, 0.3) is 0 Å². The molecule has 1 aromatic rings. The molecule has 0 aromatic heterocycles. The predicted octanol–water partition coefficient (Wildman–Crippen LogP) is 2.39. The lowest BCUT2D eigenvalue weighted by atomic mass is 10.0. The van der Waals surface area contributed by atoms with E-state index in [-0.39, 0.29) is 23.0 Å². The van der Waals surface area contributed by atoms with Crippen molar-refractivity contribution in [1.29, 1.82) is 0 Å². The average Bonchev–Trinajstić information content (AvgIpc) is 2.17. The number of rotatable bonds is 3. The summed E-state index contributed by atoms with van der Waals surface area (Å²) < 4.78 is 26.0. The Balaban J connectivity index is 0.00000196. The number of alkyl halides is 2.